The monoisotopic (exact) mass is 382 g/mol. The summed E-state index contributed by atoms with van der Waals surface area (Å²) in [5, 5.41) is 1.83. The minimum absolute atomic E-state index is 0.241. The SMILES string of the molecule is CC(C)S(=O)(=O)CCCCCCCCc1ccc(C2=CSNN2)cc1. The number of hydrazine groups is 1. The van der Waals surface area contributed by atoms with Crippen molar-refractivity contribution in [1.82, 2.24) is 10.3 Å². The van der Waals surface area contributed by atoms with E-state index >= 15 is 0 Å². The third-order valence-corrected chi connectivity index (χ3v) is 7.42. The van der Waals surface area contributed by atoms with E-state index in [2.05, 4.69) is 39.9 Å². The summed E-state index contributed by atoms with van der Waals surface area (Å²) in [6.07, 6.45) is 7.68. The Kier molecular flexibility index (Phi) is 8.33. The molecule has 2 rings (SSSR count). The molecule has 6 heteroatoms. The molecule has 1 heterocycles. The normalized spacial score (nSPS) is 14.6. The van der Waals surface area contributed by atoms with Crippen molar-refractivity contribution in [3.63, 3.8) is 0 Å². The number of hydrogen-bond donors (Lipinski definition) is 2. The lowest BCUT2D eigenvalue weighted by molar-refractivity contribution is 0.574. The number of sulfone groups is 1. The van der Waals surface area contributed by atoms with Gasteiger partial charge in [-0.15, -0.1) is 0 Å². The molecule has 0 bridgehead atoms. The highest BCUT2D eigenvalue weighted by atomic mass is 32.2. The fourth-order valence-corrected chi connectivity index (χ4v) is 4.39. The molecule has 1 aromatic rings. The van der Waals surface area contributed by atoms with Crippen molar-refractivity contribution in [3.8, 4) is 0 Å². The minimum Gasteiger partial charge on any atom is -0.310 e. The van der Waals surface area contributed by atoms with Gasteiger partial charge in [-0.25, -0.2) is 8.42 Å². The highest BCUT2D eigenvalue weighted by Crippen LogP contribution is 2.20. The highest BCUT2D eigenvalue weighted by Gasteiger charge is 2.14. The summed E-state index contributed by atoms with van der Waals surface area (Å²) >= 11 is 1.55. The van der Waals surface area contributed by atoms with E-state index in [1.54, 1.807) is 25.8 Å². The third kappa shape index (κ3) is 7.04. The zero-order valence-corrected chi connectivity index (χ0v) is 16.9. The fourth-order valence-electron chi connectivity index (χ4n) is 2.77. The number of benzene rings is 1. The first kappa shape index (κ1) is 20.3. The Morgan fingerprint density at radius 3 is 2.20 bits per heavy atom. The highest BCUT2D eigenvalue weighted by molar-refractivity contribution is 8.00. The molecular weight excluding hydrogens is 352 g/mol. The molecule has 0 fully saturated rings. The van der Waals surface area contributed by atoms with Gasteiger partial charge in [-0.3, -0.25) is 0 Å². The van der Waals surface area contributed by atoms with E-state index in [4.69, 9.17) is 0 Å². The van der Waals surface area contributed by atoms with Gasteiger partial charge in [-0.2, -0.15) is 4.83 Å². The second-order valence-electron chi connectivity index (χ2n) is 6.86. The predicted molar refractivity (Wildman–Crippen MR) is 109 cm³/mol. The second-order valence-corrected chi connectivity index (χ2v) is 10.2. The number of aryl methyl sites for hydroxylation is 1. The van der Waals surface area contributed by atoms with E-state index in [9.17, 15) is 8.42 Å². The fraction of sp³-hybridized carbons (Fsp3) is 0.579. The van der Waals surface area contributed by atoms with Gasteiger partial charge < -0.3 is 5.43 Å². The van der Waals surface area contributed by atoms with E-state index in [1.165, 1.54) is 30.4 Å². The summed E-state index contributed by atoms with van der Waals surface area (Å²) in [7, 11) is -2.86. The van der Waals surface area contributed by atoms with Gasteiger partial charge in [0.25, 0.3) is 0 Å². The van der Waals surface area contributed by atoms with Gasteiger partial charge in [0.15, 0.2) is 9.84 Å². The van der Waals surface area contributed by atoms with Crippen LogP contribution >= 0.6 is 11.9 Å². The molecule has 0 saturated heterocycles. The van der Waals surface area contributed by atoms with Crippen LogP contribution in [0.3, 0.4) is 0 Å². The van der Waals surface area contributed by atoms with Crippen LogP contribution in [-0.4, -0.2) is 19.4 Å². The van der Waals surface area contributed by atoms with Crippen molar-refractivity contribution in [2.24, 2.45) is 0 Å². The van der Waals surface area contributed by atoms with Crippen molar-refractivity contribution in [2.75, 3.05) is 5.75 Å². The molecule has 0 amide bonds. The van der Waals surface area contributed by atoms with Gasteiger partial charge >= 0.3 is 0 Å². The molecule has 1 aliphatic heterocycles. The molecule has 0 aromatic heterocycles. The third-order valence-electron chi connectivity index (χ3n) is 4.55. The Bertz CT molecular complexity index is 653. The van der Waals surface area contributed by atoms with E-state index in [1.807, 2.05) is 0 Å². The average molecular weight is 383 g/mol. The van der Waals surface area contributed by atoms with Crippen LogP contribution in [-0.2, 0) is 16.3 Å². The van der Waals surface area contributed by atoms with Crippen LogP contribution in [0.4, 0.5) is 0 Å². The smallest absolute Gasteiger partial charge is 0.152 e. The zero-order chi connectivity index (χ0) is 18.1. The van der Waals surface area contributed by atoms with Crippen molar-refractivity contribution >= 4 is 27.5 Å². The zero-order valence-electron chi connectivity index (χ0n) is 15.3. The molecule has 0 unspecified atom stereocenters. The number of hydrogen-bond acceptors (Lipinski definition) is 5. The summed E-state index contributed by atoms with van der Waals surface area (Å²) in [6, 6.07) is 8.74. The average Bonchev–Trinajstić information content (AvgIpc) is 3.12. The van der Waals surface area contributed by atoms with Crippen molar-refractivity contribution in [3.05, 3.63) is 40.8 Å². The van der Waals surface area contributed by atoms with Crippen LogP contribution in [0.1, 0.15) is 63.5 Å². The van der Waals surface area contributed by atoms with Crippen LogP contribution in [0.5, 0.6) is 0 Å². The molecule has 25 heavy (non-hydrogen) atoms. The largest absolute Gasteiger partial charge is 0.310 e. The first-order valence-corrected chi connectivity index (χ1v) is 11.8. The maximum atomic E-state index is 11.7. The van der Waals surface area contributed by atoms with Crippen LogP contribution < -0.4 is 10.3 Å². The summed E-state index contributed by atoms with van der Waals surface area (Å²) < 4.78 is 23.4. The lowest BCUT2D eigenvalue weighted by atomic mass is 10.0. The molecule has 0 atom stereocenters. The summed E-state index contributed by atoms with van der Waals surface area (Å²) in [4.78, 5) is 3.00. The molecule has 0 radical (unpaired) electrons. The van der Waals surface area contributed by atoms with Gasteiger partial charge in [0.2, 0.25) is 0 Å². The molecule has 0 aliphatic carbocycles. The molecule has 1 aromatic carbocycles. The maximum Gasteiger partial charge on any atom is 0.152 e. The lowest BCUT2D eigenvalue weighted by Gasteiger charge is -2.07. The standard InChI is InChI=1S/C19H30N2O2S2/c1-16(2)25(22,23)14-8-6-4-3-5-7-9-17-10-12-18(13-11-17)19-15-24-21-20-19/h10-13,15-16,20-21H,3-9,14H2,1-2H3. The maximum absolute atomic E-state index is 11.7. The summed E-state index contributed by atoms with van der Waals surface area (Å²) in [6.45, 7) is 3.53. The topological polar surface area (TPSA) is 58.2 Å². The van der Waals surface area contributed by atoms with Crippen LogP contribution in [0, 0.1) is 0 Å². The second kappa shape index (κ2) is 10.2. The number of unbranched alkanes of at least 4 members (excludes halogenated alkanes) is 5. The van der Waals surface area contributed by atoms with E-state index in [-0.39, 0.29) is 5.25 Å². The lowest BCUT2D eigenvalue weighted by Crippen LogP contribution is -2.17. The minimum atomic E-state index is -2.86. The molecule has 0 saturated carbocycles. The molecule has 1 aliphatic rings. The molecular formula is C19H30N2O2S2. The van der Waals surface area contributed by atoms with Crippen LogP contribution in [0.25, 0.3) is 5.70 Å². The number of nitrogens with one attached hydrogen (secondary N) is 2. The Hall–Kier alpha value is -0.980. The van der Waals surface area contributed by atoms with Crippen LogP contribution in [0.15, 0.2) is 29.7 Å². The van der Waals surface area contributed by atoms with Crippen molar-refractivity contribution < 1.29 is 8.42 Å². The molecule has 2 N–H and O–H groups in total. The quantitative estimate of drug-likeness (QED) is 0.437. The van der Waals surface area contributed by atoms with E-state index < -0.39 is 9.84 Å². The first-order valence-electron chi connectivity index (χ1n) is 9.17. The Morgan fingerprint density at radius 2 is 1.60 bits per heavy atom. The Morgan fingerprint density at radius 1 is 0.960 bits per heavy atom. The summed E-state index contributed by atoms with van der Waals surface area (Å²) in [5.41, 5.74) is 6.83. The van der Waals surface area contributed by atoms with Gasteiger partial charge in [-0.1, -0.05) is 49.9 Å². The number of rotatable bonds is 11. The Labute approximate surface area is 156 Å². The Balaban J connectivity index is 1.54. The van der Waals surface area contributed by atoms with Crippen LogP contribution in [0.2, 0.25) is 0 Å². The predicted octanol–water partition coefficient (Wildman–Crippen LogP) is 4.45. The van der Waals surface area contributed by atoms with Gasteiger partial charge in [0, 0.05) is 5.41 Å². The van der Waals surface area contributed by atoms with E-state index in [0.29, 0.717) is 5.75 Å². The van der Waals surface area contributed by atoms with Gasteiger partial charge in [0.1, 0.15) is 0 Å². The molecule has 0 spiro atoms. The van der Waals surface area contributed by atoms with Gasteiger partial charge in [-0.05, 0) is 56.2 Å². The molecule has 140 valence electrons. The van der Waals surface area contributed by atoms with Gasteiger partial charge in [0.05, 0.1) is 16.7 Å². The summed E-state index contributed by atoms with van der Waals surface area (Å²) in [5.74, 6) is 0.344. The van der Waals surface area contributed by atoms with E-state index in [0.717, 1.165) is 31.4 Å². The van der Waals surface area contributed by atoms with Crippen molar-refractivity contribution in [1.29, 1.82) is 0 Å². The molecule has 4 nitrogen and oxygen atoms in total. The van der Waals surface area contributed by atoms with Crippen molar-refractivity contribution in [2.45, 2.75) is 64.0 Å². The first-order chi connectivity index (χ1) is 12.0.